The van der Waals surface area contributed by atoms with Gasteiger partial charge >= 0.3 is 0 Å². The van der Waals surface area contributed by atoms with Crippen molar-refractivity contribution in [3.63, 3.8) is 0 Å². The van der Waals surface area contributed by atoms with E-state index in [1.54, 1.807) is 0 Å². The van der Waals surface area contributed by atoms with Gasteiger partial charge in [-0.1, -0.05) is 13.3 Å². The van der Waals surface area contributed by atoms with Crippen molar-refractivity contribution in [1.82, 2.24) is 0 Å². The second kappa shape index (κ2) is 5.51. The van der Waals surface area contributed by atoms with Gasteiger partial charge in [0, 0.05) is 0 Å². The lowest BCUT2D eigenvalue weighted by Crippen LogP contribution is -2.32. The average molecular weight is 174 g/mol. The SMILES string of the molecule is CCCCOC1OCCC(C)O1. The second-order valence-corrected chi connectivity index (χ2v) is 3.12. The van der Waals surface area contributed by atoms with Gasteiger partial charge in [0.25, 0.3) is 6.48 Å². The first-order chi connectivity index (χ1) is 5.83. The highest BCUT2D eigenvalue weighted by atomic mass is 16.8. The van der Waals surface area contributed by atoms with Crippen LogP contribution in [0.3, 0.4) is 0 Å². The van der Waals surface area contributed by atoms with Gasteiger partial charge in [-0.25, -0.2) is 0 Å². The molecule has 0 spiro atoms. The zero-order valence-corrected chi connectivity index (χ0v) is 7.91. The van der Waals surface area contributed by atoms with Crippen LogP contribution in [-0.4, -0.2) is 25.8 Å². The summed E-state index contributed by atoms with van der Waals surface area (Å²) >= 11 is 0. The van der Waals surface area contributed by atoms with E-state index >= 15 is 0 Å². The van der Waals surface area contributed by atoms with Crippen LogP contribution in [0.25, 0.3) is 0 Å². The van der Waals surface area contributed by atoms with Gasteiger partial charge in [0.05, 0.1) is 19.3 Å². The monoisotopic (exact) mass is 174 g/mol. The second-order valence-electron chi connectivity index (χ2n) is 3.12. The predicted molar refractivity (Wildman–Crippen MR) is 45.8 cm³/mol. The molecule has 1 saturated heterocycles. The van der Waals surface area contributed by atoms with Crippen molar-refractivity contribution >= 4 is 0 Å². The van der Waals surface area contributed by atoms with E-state index in [9.17, 15) is 0 Å². The fraction of sp³-hybridized carbons (Fsp3) is 1.00. The Labute approximate surface area is 74.0 Å². The lowest BCUT2D eigenvalue weighted by molar-refractivity contribution is -0.327. The average Bonchev–Trinajstić information content (AvgIpc) is 2.05. The van der Waals surface area contributed by atoms with Crippen LogP contribution in [0.1, 0.15) is 33.1 Å². The van der Waals surface area contributed by atoms with Gasteiger partial charge in [0.2, 0.25) is 0 Å². The molecule has 3 nitrogen and oxygen atoms in total. The van der Waals surface area contributed by atoms with Gasteiger partial charge < -0.3 is 14.2 Å². The van der Waals surface area contributed by atoms with Crippen LogP contribution in [0.5, 0.6) is 0 Å². The standard InChI is InChI=1S/C9H18O3/c1-3-4-6-10-9-11-7-5-8(2)12-9/h8-9H,3-7H2,1-2H3. The molecule has 0 saturated carbocycles. The van der Waals surface area contributed by atoms with Crippen LogP contribution in [0.2, 0.25) is 0 Å². The molecule has 0 aromatic heterocycles. The Morgan fingerprint density at radius 2 is 2.33 bits per heavy atom. The predicted octanol–water partition coefficient (Wildman–Crippen LogP) is 1.91. The van der Waals surface area contributed by atoms with E-state index in [1.165, 1.54) is 0 Å². The molecule has 1 aliphatic heterocycles. The van der Waals surface area contributed by atoms with Crippen LogP contribution >= 0.6 is 0 Å². The highest BCUT2D eigenvalue weighted by Gasteiger charge is 2.19. The maximum absolute atomic E-state index is 5.39. The highest BCUT2D eigenvalue weighted by Crippen LogP contribution is 2.12. The summed E-state index contributed by atoms with van der Waals surface area (Å²) in [5.41, 5.74) is 0. The summed E-state index contributed by atoms with van der Waals surface area (Å²) in [4.78, 5) is 0. The molecule has 0 aromatic carbocycles. The van der Waals surface area contributed by atoms with Crippen LogP contribution < -0.4 is 0 Å². The fourth-order valence-corrected chi connectivity index (χ4v) is 1.04. The van der Waals surface area contributed by atoms with Crippen molar-refractivity contribution in [2.24, 2.45) is 0 Å². The van der Waals surface area contributed by atoms with E-state index < -0.39 is 6.48 Å². The minimum absolute atomic E-state index is 0.269. The first kappa shape index (κ1) is 9.96. The fourth-order valence-electron chi connectivity index (χ4n) is 1.04. The third-order valence-corrected chi connectivity index (χ3v) is 1.87. The molecule has 0 N–H and O–H groups in total. The number of hydrogen-bond donors (Lipinski definition) is 0. The number of unbranched alkanes of at least 4 members (excludes halogenated alkanes) is 1. The smallest absolute Gasteiger partial charge is 0.271 e. The van der Waals surface area contributed by atoms with Crippen molar-refractivity contribution in [3.05, 3.63) is 0 Å². The molecule has 1 heterocycles. The van der Waals surface area contributed by atoms with Crippen LogP contribution in [-0.2, 0) is 14.2 Å². The van der Waals surface area contributed by atoms with E-state index in [0.717, 1.165) is 32.5 Å². The molecule has 72 valence electrons. The Hall–Kier alpha value is -0.120. The summed E-state index contributed by atoms with van der Waals surface area (Å²) in [5.74, 6) is 0. The molecule has 0 aliphatic carbocycles. The van der Waals surface area contributed by atoms with E-state index in [0.29, 0.717) is 0 Å². The van der Waals surface area contributed by atoms with Crippen LogP contribution in [0.15, 0.2) is 0 Å². The summed E-state index contributed by atoms with van der Waals surface area (Å²) in [6.45, 7) is 5.24. The summed E-state index contributed by atoms with van der Waals surface area (Å²) in [6, 6.07) is 0. The zero-order chi connectivity index (χ0) is 8.81. The molecule has 1 fully saturated rings. The molecular weight excluding hydrogens is 156 g/mol. The third-order valence-electron chi connectivity index (χ3n) is 1.87. The molecule has 0 aromatic rings. The Morgan fingerprint density at radius 1 is 1.50 bits per heavy atom. The topological polar surface area (TPSA) is 27.7 Å². The summed E-state index contributed by atoms with van der Waals surface area (Å²) < 4.78 is 16.0. The van der Waals surface area contributed by atoms with Crippen molar-refractivity contribution in [2.45, 2.75) is 45.7 Å². The molecule has 0 amide bonds. The number of hydrogen-bond acceptors (Lipinski definition) is 3. The molecule has 1 aliphatic rings. The van der Waals surface area contributed by atoms with Gasteiger partial charge in [-0.3, -0.25) is 0 Å². The first-order valence-corrected chi connectivity index (χ1v) is 4.71. The van der Waals surface area contributed by atoms with Gasteiger partial charge in [-0.15, -0.1) is 0 Å². The molecule has 3 heteroatoms. The Morgan fingerprint density at radius 3 is 3.00 bits per heavy atom. The Kier molecular flexibility index (Phi) is 4.58. The first-order valence-electron chi connectivity index (χ1n) is 4.71. The van der Waals surface area contributed by atoms with Gasteiger partial charge in [-0.2, -0.15) is 0 Å². The van der Waals surface area contributed by atoms with E-state index in [4.69, 9.17) is 14.2 Å². The molecule has 2 unspecified atom stereocenters. The van der Waals surface area contributed by atoms with Gasteiger partial charge in [0.1, 0.15) is 0 Å². The van der Waals surface area contributed by atoms with Gasteiger partial charge in [0.15, 0.2) is 0 Å². The zero-order valence-electron chi connectivity index (χ0n) is 7.91. The molecule has 0 bridgehead atoms. The van der Waals surface area contributed by atoms with Crippen LogP contribution in [0.4, 0.5) is 0 Å². The molecule has 12 heavy (non-hydrogen) atoms. The summed E-state index contributed by atoms with van der Waals surface area (Å²) in [7, 11) is 0. The molecule has 0 radical (unpaired) electrons. The van der Waals surface area contributed by atoms with Crippen LogP contribution in [0, 0.1) is 0 Å². The highest BCUT2D eigenvalue weighted by molar-refractivity contribution is 4.53. The van der Waals surface area contributed by atoms with Crippen molar-refractivity contribution in [1.29, 1.82) is 0 Å². The van der Waals surface area contributed by atoms with Crippen molar-refractivity contribution < 1.29 is 14.2 Å². The van der Waals surface area contributed by atoms with E-state index in [2.05, 4.69) is 6.92 Å². The van der Waals surface area contributed by atoms with Crippen molar-refractivity contribution in [3.8, 4) is 0 Å². The minimum atomic E-state index is -0.416. The summed E-state index contributed by atoms with van der Waals surface area (Å²) in [6.07, 6.45) is 3.44. The van der Waals surface area contributed by atoms with Crippen molar-refractivity contribution in [2.75, 3.05) is 13.2 Å². The molecular formula is C9H18O3. The summed E-state index contributed by atoms with van der Waals surface area (Å²) in [5, 5.41) is 0. The Balaban J connectivity index is 2.06. The van der Waals surface area contributed by atoms with E-state index in [-0.39, 0.29) is 6.10 Å². The quantitative estimate of drug-likeness (QED) is 0.609. The largest absolute Gasteiger partial charge is 0.330 e. The van der Waals surface area contributed by atoms with E-state index in [1.807, 2.05) is 6.92 Å². The Bertz CT molecular complexity index is 116. The number of rotatable bonds is 4. The molecule has 1 rings (SSSR count). The molecule has 2 atom stereocenters. The normalized spacial score (nSPS) is 30.5. The van der Waals surface area contributed by atoms with Gasteiger partial charge in [-0.05, 0) is 19.8 Å². The maximum Gasteiger partial charge on any atom is 0.271 e. The third kappa shape index (κ3) is 3.52. The minimum Gasteiger partial charge on any atom is -0.330 e. The lowest BCUT2D eigenvalue weighted by Gasteiger charge is -2.27. The number of ether oxygens (including phenoxy) is 3. The lowest BCUT2D eigenvalue weighted by atomic mass is 10.3. The maximum atomic E-state index is 5.39.